The number of halogens is 1. The number of likely N-dealkylation sites (tertiary alicyclic amines) is 1. The lowest BCUT2D eigenvalue weighted by atomic mass is 9.88. The summed E-state index contributed by atoms with van der Waals surface area (Å²) in [6, 6.07) is 6.28. The molecule has 238 valence electrons. The van der Waals surface area contributed by atoms with Crippen LogP contribution in [0.2, 0.25) is 5.15 Å². The zero-order valence-corrected chi connectivity index (χ0v) is 26.5. The molecule has 15 heteroatoms. The summed E-state index contributed by atoms with van der Waals surface area (Å²) in [5.41, 5.74) is 11.3. The molecule has 0 atom stereocenters. The highest BCUT2D eigenvalue weighted by Gasteiger charge is 2.40. The predicted molar refractivity (Wildman–Crippen MR) is 166 cm³/mol. The van der Waals surface area contributed by atoms with Crippen LogP contribution in [-0.4, -0.2) is 90.3 Å². The van der Waals surface area contributed by atoms with E-state index in [0.29, 0.717) is 82.3 Å². The molecule has 4 heterocycles. The second-order valence-corrected chi connectivity index (χ2v) is 14.3. The first-order valence-corrected chi connectivity index (χ1v) is 16.6. The number of piperidine rings is 2. The van der Waals surface area contributed by atoms with Crippen LogP contribution in [0.1, 0.15) is 60.4 Å². The van der Waals surface area contributed by atoms with Gasteiger partial charge < -0.3 is 31.7 Å². The number of ether oxygens (including phenoxy) is 1. The summed E-state index contributed by atoms with van der Waals surface area (Å²) in [5.74, 6) is 0.0797. The molecular formula is C29H39ClN8O5S. The number of aromatic nitrogens is 2. The van der Waals surface area contributed by atoms with Gasteiger partial charge in [-0.1, -0.05) is 31.5 Å². The van der Waals surface area contributed by atoms with E-state index in [9.17, 15) is 18.0 Å². The summed E-state index contributed by atoms with van der Waals surface area (Å²) >= 11 is 5.91. The number of hydrogen-bond donors (Lipinski definition) is 4. The molecule has 0 radical (unpaired) electrons. The minimum atomic E-state index is -3.74. The molecule has 0 aliphatic carbocycles. The number of rotatable bonds is 8. The van der Waals surface area contributed by atoms with E-state index in [-0.39, 0.29) is 44.9 Å². The van der Waals surface area contributed by atoms with E-state index in [2.05, 4.69) is 34.4 Å². The van der Waals surface area contributed by atoms with Crippen LogP contribution in [0.5, 0.6) is 0 Å². The number of nitrogen functional groups attached to an aromatic ring is 2. The first-order valence-electron chi connectivity index (χ1n) is 14.7. The lowest BCUT2D eigenvalue weighted by Gasteiger charge is -2.39. The second kappa shape index (κ2) is 12.9. The molecule has 6 N–H and O–H groups in total. The minimum Gasteiger partial charge on any atom is -0.382 e. The fourth-order valence-electron chi connectivity index (χ4n) is 5.68. The number of nitrogens with one attached hydrogen (secondary N) is 2. The number of carbonyl (C=O) groups is 2. The SMILES string of the molecule is CC(C)COC1CCN(S(=O)(=O)c2cccc(C(=O)N3CCC4(CC3)CN/C(=C\C(=O)c3nc(Cl)c(N)nc3N)N4)c2)CC1. The quantitative estimate of drug-likeness (QED) is 0.243. The molecule has 44 heavy (non-hydrogen) atoms. The van der Waals surface area contributed by atoms with Gasteiger partial charge in [-0.15, -0.1) is 0 Å². The van der Waals surface area contributed by atoms with Gasteiger partial charge in [0.05, 0.1) is 16.5 Å². The third-order valence-corrected chi connectivity index (χ3v) is 10.4. The molecule has 1 aromatic heterocycles. The maximum atomic E-state index is 13.4. The molecule has 0 saturated carbocycles. The maximum Gasteiger partial charge on any atom is 0.253 e. The molecule has 3 saturated heterocycles. The number of anilines is 2. The van der Waals surface area contributed by atoms with Crippen molar-refractivity contribution in [3.63, 3.8) is 0 Å². The van der Waals surface area contributed by atoms with E-state index in [1.54, 1.807) is 23.1 Å². The summed E-state index contributed by atoms with van der Waals surface area (Å²) in [4.78, 5) is 35.9. The number of benzene rings is 1. The van der Waals surface area contributed by atoms with Crippen LogP contribution in [0.15, 0.2) is 41.1 Å². The van der Waals surface area contributed by atoms with Crippen molar-refractivity contribution in [3.05, 3.63) is 52.6 Å². The van der Waals surface area contributed by atoms with Gasteiger partial charge >= 0.3 is 0 Å². The molecule has 13 nitrogen and oxygen atoms in total. The van der Waals surface area contributed by atoms with Gasteiger partial charge in [0, 0.05) is 51.0 Å². The number of sulfonamides is 1. The van der Waals surface area contributed by atoms with Crippen molar-refractivity contribution in [1.82, 2.24) is 29.8 Å². The van der Waals surface area contributed by atoms with Crippen molar-refractivity contribution in [2.75, 3.05) is 50.8 Å². The number of allylic oxidation sites excluding steroid dienone is 1. The zero-order valence-electron chi connectivity index (χ0n) is 24.9. The van der Waals surface area contributed by atoms with Gasteiger partial charge in [-0.3, -0.25) is 9.59 Å². The number of amides is 1. The summed E-state index contributed by atoms with van der Waals surface area (Å²) in [6.45, 7) is 7.09. The van der Waals surface area contributed by atoms with E-state index >= 15 is 0 Å². The Kier molecular flexibility index (Phi) is 9.35. The highest BCUT2D eigenvalue weighted by molar-refractivity contribution is 7.89. The molecule has 1 spiro atoms. The number of nitrogens with two attached hydrogens (primary N) is 2. The molecule has 2 aromatic rings. The summed E-state index contributed by atoms with van der Waals surface area (Å²) in [7, 11) is -3.74. The number of hydrogen-bond acceptors (Lipinski definition) is 11. The molecule has 1 aromatic carbocycles. The van der Waals surface area contributed by atoms with Crippen molar-refractivity contribution < 1.29 is 22.7 Å². The standard InChI is InChI=1S/C29H39ClN8O5S/c1-18(2)16-43-20-6-10-38(11-7-20)44(41,42)21-5-3-4-19(14-21)28(40)37-12-8-29(9-13-37)17-33-23(36-29)15-22(39)24-26(31)35-27(32)25(30)34-24/h3-5,14-15,18,20,33,36H,6-13,16-17H2,1-2H3,(H4,31,32,35)/b23-15+. The third kappa shape index (κ3) is 6.93. The van der Waals surface area contributed by atoms with Gasteiger partial charge in [0.15, 0.2) is 22.5 Å². The highest BCUT2D eigenvalue weighted by atomic mass is 35.5. The molecule has 3 fully saturated rings. The monoisotopic (exact) mass is 646 g/mol. The number of carbonyl (C=O) groups excluding carboxylic acids is 2. The average Bonchev–Trinajstić information content (AvgIpc) is 3.39. The van der Waals surface area contributed by atoms with Gasteiger partial charge in [-0.25, -0.2) is 18.4 Å². The topological polar surface area (TPSA) is 186 Å². The molecule has 3 aliphatic rings. The van der Waals surface area contributed by atoms with E-state index in [1.165, 1.54) is 16.4 Å². The fourth-order valence-corrected chi connectivity index (χ4v) is 7.32. The van der Waals surface area contributed by atoms with E-state index in [0.717, 1.165) is 0 Å². The molecular weight excluding hydrogens is 608 g/mol. The summed E-state index contributed by atoms with van der Waals surface area (Å²) in [5, 5.41) is 6.49. The van der Waals surface area contributed by atoms with E-state index in [4.69, 9.17) is 27.8 Å². The Balaban J connectivity index is 1.18. The highest BCUT2D eigenvalue weighted by Crippen LogP contribution is 2.29. The third-order valence-electron chi connectivity index (χ3n) is 8.22. The molecule has 1 amide bonds. The fraction of sp³-hybridized carbons (Fsp3) is 0.517. The predicted octanol–water partition coefficient (Wildman–Crippen LogP) is 2.01. The lowest BCUT2D eigenvalue weighted by Crippen LogP contribution is -2.53. The molecule has 5 rings (SSSR count). The Morgan fingerprint density at radius 1 is 1.14 bits per heavy atom. The summed E-state index contributed by atoms with van der Waals surface area (Å²) < 4.78 is 34.2. The average molecular weight is 647 g/mol. The van der Waals surface area contributed by atoms with Gasteiger partial charge in [0.25, 0.3) is 5.91 Å². The largest absolute Gasteiger partial charge is 0.382 e. The second-order valence-electron chi connectivity index (χ2n) is 12.0. The molecule has 3 aliphatic heterocycles. The van der Waals surface area contributed by atoms with Crippen molar-refractivity contribution in [1.29, 1.82) is 0 Å². The van der Waals surface area contributed by atoms with Crippen molar-refractivity contribution >= 4 is 45.0 Å². The number of nitrogens with zero attached hydrogens (tertiary/aromatic N) is 4. The van der Waals surface area contributed by atoms with Crippen LogP contribution in [0.4, 0.5) is 11.6 Å². The van der Waals surface area contributed by atoms with Gasteiger partial charge in [-0.2, -0.15) is 4.31 Å². The normalized spacial score (nSPS) is 20.2. The van der Waals surface area contributed by atoms with Crippen molar-refractivity contribution in [2.24, 2.45) is 5.92 Å². The van der Waals surface area contributed by atoms with Gasteiger partial charge in [-0.05, 0) is 49.8 Å². The Morgan fingerprint density at radius 2 is 1.84 bits per heavy atom. The van der Waals surface area contributed by atoms with Crippen LogP contribution in [0.3, 0.4) is 0 Å². The van der Waals surface area contributed by atoms with Gasteiger partial charge in [0.2, 0.25) is 15.8 Å². The Labute approximate surface area is 262 Å². The Bertz CT molecular complexity index is 1550. The van der Waals surface area contributed by atoms with Gasteiger partial charge in [0.1, 0.15) is 5.82 Å². The summed E-state index contributed by atoms with van der Waals surface area (Å²) in [6.07, 6.45) is 3.95. The molecule has 0 bridgehead atoms. The van der Waals surface area contributed by atoms with Crippen LogP contribution >= 0.6 is 11.6 Å². The Hall–Kier alpha value is -3.46. The first kappa shape index (κ1) is 31.9. The van der Waals surface area contributed by atoms with Crippen molar-refractivity contribution in [3.8, 4) is 0 Å². The zero-order chi connectivity index (χ0) is 31.6. The number of ketones is 1. The van der Waals surface area contributed by atoms with Crippen molar-refractivity contribution in [2.45, 2.75) is 56.1 Å². The van der Waals surface area contributed by atoms with Crippen LogP contribution in [0.25, 0.3) is 0 Å². The van der Waals surface area contributed by atoms with Crippen LogP contribution in [-0.2, 0) is 14.8 Å². The smallest absolute Gasteiger partial charge is 0.253 e. The Morgan fingerprint density at radius 3 is 2.52 bits per heavy atom. The maximum absolute atomic E-state index is 13.4. The van der Waals surface area contributed by atoms with E-state index in [1.807, 2.05) is 0 Å². The minimum absolute atomic E-state index is 0.0535. The first-order chi connectivity index (χ1) is 20.9. The lowest BCUT2D eigenvalue weighted by molar-refractivity contribution is 0.00748. The van der Waals surface area contributed by atoms with E-state index < -0.39 is 15.8 Å². The van der Waals surface area contributed by atoms with Crippen LogP contribution in [0, 0.1) is 5.92 Å². The van der Waals surface area contributed by atoms with Crippen LogP contribution < -0.4 is 22.1 Å². The molecule has 0 unspecified atom stereocenters.